The highest BCUT2D eigenvalue weighted by atomic mass is 35.5. The van der Waals surface area contributed by atoms with Gasteiger partial charge in [-0.3, -0.25) is 0 Å². The van der Waals surface area contributed by atoms with E-state index in [2.05, 4.69) is 25.3 Å². The van der Waals surface area contributed by atoms with Gasteiger partial charge < -0.3 is 9.84 Å². The molecule has 3 N–H and O–H groups in total. The Hall–Kier alpha value is -2.60. The molecule has 2 aromatic carbocycles. The Bertz CT molecular complexity index is 1330. The molecule has 3 aromatic rings. The molecule has 0 amide bonds. The summed E-state index contributed by atoms with van der Waals surface area (Å²) < 4.78 is 50.4. The van der Waals surface area contributed by atoms with Crippen LogP contribution in [0.5, 0.6) is 5.75 Å². The second-order valence-electron chi connectivity index (χ2n) is 8.68. The number of nitrogens with zero attached hydrogens (tertiary/aromatic N) is 3. The molecule has 182 valence electrons. The summed E-state index contributed by atoms with van der Waals surface area (Å²) in [5.41, 5.74) is 0.741. The van der Waals surface area contributed by atoms with Gasteiger partial charge in [-0.1, -0.05) is 29.8 Å². The van der Waals surface area contributed by atoms with Crippen LogP contribution < -0.4 is 9.46 Å². The maximum absolute atomic E-state index is 14.9. The van der Waals surface area contributed by atoms with Crippen LogP contribution in [0.3, 0.4) is 0 Å². The van der Waals surface area contributed by atoms with E-state index in [4.69, 9.17) is 16.3 Å². The molecule has 9 nitrogen and oxygen atoms in total. The first-order chi connectivity index (χ1) is 15.9. The summed E-state index contributed by atoms with van der Waals surface area (Å²) in [6, 6.07) is 4.66. The molecule has 3 atom stereocenters. The minimum atomic E-state index is -4.27. The van der Waals surface area contributed by atoms with Gasteiger partial charge in [0.1, 0.15) is 16.5 Å². The van der Waals surface area contributed by atoms with E-state index in [0.29, 0.717) is 11.1 Å². The number of hydrogen-bond donors (Lipinski definition) is 3. The highest BCUT2D eigenvalue weighted by molar-refractivity contribution is 7.89. The summed E-state index contributed by atoms with van der Waals surface area (Å²) in [6.07, 6.45) is 0.255. The number of fused-ring (bicyclic) bond motifs is 1. The van der Waals surface area contributed by atoms with Crippen molar-refractivity contribution in [3.8, 4) is 5.75 Å². The van der Waals surface area contributed by atoms with Crippen molar-refractivity contribution in [2.24, 2.45) is 0 Å². The fraction of sp³-hybridized carbons (Fsp3) is 0.409. The molecule has 1 aliphatic heterocycles. The number of ether oxygens (including phenoxy) is 1. The van der Waals surface area contributed by atoms with E-state index in [1.54, 1.807) is 26.8 Å². The molecule has 12 heteroatoms. The lowest BCUT2D eigenvalue weighted by molar-refractivity contribution is 0.0135. The van der Waals surface area contributed by atoms with Gasteiger partial charge >= 0.3 is 0 Å². The Morgan fingerprint density at radius 3 is 2.71 bits per heavy atom. The first kappa shape index (κ1) is 24.5. The minimum absolute atomic E-state index is 0.0197. The zero-order valence-electron chi connectivity index (χ0n) is 19.1. The lowest BCUT2D eigenvalue weighted by atomic mass is 9.88. The molecule has 2 heterocycles. The van der Waals surface area contributed by atoms with Gasteiger partial charge in [-0.2, -0.15) is 9.94 Å². The number of rotatable bonds is 6. The van der Waals surface area contributed by atoms with Gasteiger partial charge in [-0.25, -0.2) is 12.8 Å². The fourth-order valence-electron chi connectivity index (χ4n) is 4.31. The van der Waals surface area contributed by atoms with E-state index in [0.717, 1.165) is 5.56 Å². The SMILES string of the molecule is Cc1ccc(F)c(C(C)C(NS(=O)(=O)c2ccc(Cl)c3c2OCC[C@@]3(C)O)c2nn[nH]n2)c1C. The molecular formula is C22H25ClFN5O4S. The highest BCUT2D eigenvalue weighted by Gasteiger charge is 2.39. The summed E-state index contributed by atoms with van der Waals surface area (Å²) in [5.74, 6) is -1.13. The number of nitrogens with one attached hydrogen (secondary N) is 2. The summed E-state index contributed by atoms with van der Waals surface area (Å²) in [5, 5.41) is 24.8. The lowest BCUT2D eigenvalue weighted by Gasteiger charge is -2.33. The van der Waals surface area contributed by atoms with Crippen LogP contribution >= 0.6 is 11.6 Å². The van der Waals surface area contributed by atoms with Crippen molar-refractivity contribution in [1.82, 2.24) is 25.3 Å². The Kier molecular flexibility index (Phi) is 6.40. The van der Waals surface area contributed by atoms with Gasteiger partial charge in [0.05, 0.1) is 23.3 Å². The molecule has 0 radical (unpaired) electrons. The lowest BCUT2D eigenvalue weighted by Crippen LogP contribution is -2.35. The van der Waals surface area contributed by atoms with E-state index >= 15 is 0 Å². The molecular weight excluding hydrogens is 485 g/mol. The highest BCUT2D eigenvalue weighted by Crippen LogP contribution is 2.45. The molecule has 0 spiro atoms. The van der Waals surface area contributed by atoms with Gasteiger partial charge in [0.2, 0.25) is 10.0 Å². The van der Waals surface area contributed by atoms with Crippen molar-refractivity contribution >= 4 is 21.6 Å². The minimum Gasteiger partial charge on any atom is -0.492 e. The van der Waals surface area contributed by atoms with E-state index in [1.807, 2.05) is 6.92 Å². The number of aromatic amines is 1. The number of hydrogen-bond acceptors (Lipinski definition) is 7. The van der Waals surface area contributed by atoms with Crippen LogP contribution in [0.4, 0.5) is 4.39 Å². The normalized spacial score (nSPS) is 19.9. The van der Waals surface area contributed by atoms with Gasteiger partial charge in [0, 0.05) is 17.9 Å². The summed E-state index contributed by atoms with van der Waals surface area (Å²) in [7, 11) is -4.27. The van der Waals surface area contributed by atoms with Crippen LogP contribution in [0.1, 0.15) is 60.3 Å². The Morgan fingerprint density at radius 2 is 2.03 bits per heavy atom. The van der Waals surface area contributed by atoms with E-state index in [-0.39, 0.29) is 40.1 Å². The molecule has 4 rings (SSSR count). The summed E-state index contributed by atoms with van der Waals surface area (Å²) >= 11 is 6.29. The first-order valence-electron chi connectivity index (χ1n) is 10.6. The summed E-state index contributed by atoms with van der Waals surface area (Å²) in [4.78, 5) is -0.200. The van der Waals surface area contributed by atoms with Gasteiger partial charge in [0.15, 0.2) is 5.82 Å². The molecule has 1 aliphatic rings. The quantitative estimate of drug-likeness (QED) is 0.464. The molecule has 0 bridgehead atoms. The van der Waals surface area contributed by atoms with E-state index in [9.17, 15) is 17.9 Å². The van der Waals surface area contributed by atoms with Crippen LogP contribution in [0.25, 0.3) is 0 Å². The number of tetrazole rings is 1. The maximum Gasteiger partial charge on any atom is 0.244 e. The second kappa shape index (κ2) is 8.88. The molecule has 0 fully saturated rings. The third-order valence-electron chi connectivity index (χ3n) is 6.34. The zero-order chi connectivity index (χ0) is 24.8. The average molecular weight is 510 g/mol. The van der Waals surface area contributed by atoms with Gasteiger partial charge in [-0.05, 0) is 55.7 Å². The predicted molar refractivity (Wildman–Crippen MR) is 123 cm³/mol. The predicted octanol–water partition coefficient (Wildman–Crippen LogP) is 3.42. The Balaban J connectivity index is 1.81. The number of sulfonamides is 1. The molecule has 0 aliphatic carbocycles. The topological polar surface area (TPSA) is 130 Å². The third-order valence-corrected chi connectivity index (χ3v) is 8.12. The molecule has 0 saturated carbocycles. The maximum atomic E-state index is 14.9. The average Bonchev–Trinajstić information content (AvgIpc) is 3.29. The van der Waals surface area contributed by atoms with Crippen LogP contribution in [0, 0.1) is 19.7 Å². The molecule has 2 unspecified atom stereocenters. The van der Waals surface area contributed by atoms with Crippen LogP contribution in [-0.2, 0) is 15.6 Å². The fourth-order valence-corrected chi connectivity index (χ4v) is 6.09. The first-order valence-corrected chi connectivity index (χ1v) is 12.5. The Morgan fingerprint density at radius 1 is 1.29 bits per heavy atom. The van der Waals surface area contributed by atoms with Crippen molar-refractivity contribution < 1.29 is 22.7 Å². The largest absolute Gasteiger partial charge is 0.492 e. The van der Waals surface area contributed by atoms with Gasteiger partial charge in [0.25, 0.3) is 0 Å². The Labute approximate surface area is 201 Å². The zero-order valence-corrected chi connectivity index (χ0v) is 20.6. The summed E-state index contributed by atoms with van der Waals surface area (Å²) in [6.45, 7) is 6.98. The smallest absolute Gasteiger partial charge is 0.244 e. The van der Waals surface area contributed by atoms with Crippen LogP contribution in [0.2, 0.25) is 5.02 Å². The molecule has 34 heavy (non-hydrogen) atoms. The van der Waals surface area contributed by atoms with Crippen LogP contribution in [0.15, 0.2) is 29.2 Å². The van der Waals surface area contributed by atoms with Crippen molar-refractivity contribution in [2.75, 3.05) is 6.61 Å². The van der Waals surface area contributed by atoms with Crippen molar-refractivity contribution in [1.29, 1.82) is 0 Å². The monoisotopic (exact) mass is 509 g/mol. The number of halogens is 2. The van der Waals surface area contributed by atoms with Crippen molar-refractivity contribution in [2.45, 2.75) is 56.6 Å². The van der Waals surface area contributed by atoms with Crippen molar-refractivity contribution in [3.63, 3.8) is 0 Å². The number of aromatic nitrogens is 4. The number of H-pyrrole nitrogens is 1. The second-order valence-corrected chi connectivity index (χ2v) is 10.8. The van der Waals surface area contributed by atoms with Crippen molar-refractivity contribution in [3.05, 3.63) is 63.2 Å². The number of aryl methyl sites for hydroxylation is 1. The van der Waals surface area contributed by atoms with Gasteiger partial charge in [-0.15, -0.1) is 10.2 Å². The number of aliphatic hydroxyl groups is 1. The standard InChI is InChI=1S/C22H25ClFN5O4S/c1-11-5-7-15(24)17(12(11)2)13(3)19(21-25-28-29-26-21)27-34(31,32)16-8-6-14(23)18-20(16)33-10-9-22(18,4)30/h5-8,13,19,27,30H,9-10H2,1-4H3,(H,25,26,28,29)/t13?,19?,22-/m1/s1. The van der Waals surface area contributed by atoms with Crippen LogP contribution in [-0.4, -0.2) is 40.8 Å². The van der Waals surface area contributed by atoms with E-state index < -0.39 is 33.4 Å². The third kappa shape index (κ3) is 4.28. The number of benzene rings is 2. The van der Waals surface area contributed by atoms with E-state index in [1.165, 1.54) is 18.2 Å². The molecule has 1 aromatic heterocycles. The molecule has 0 saturated heterocycles.